The third-order valence-corrected chi connectivity index (χ3v) is 16.1. The molecule has 10 heteroatoms. The molecule has 0 aromatic carbocycles. The third-order valence-electron chi connectivity index (χ3n) is 2.33. The largest absolute Gasteiger partial charge is 0.481 e. The summed E-state index contributed by atoms with van der Waals surface area (Å²) in [5, 5.41) is 0. The average molecular weight is 329 g/mol. The molecular formula is C8H24O6Si4. The van der Waals surface area contributed by atoms with E-state index in [1.807, 2.05) is 40.0 Å². The van der Waals surface area contributed by atoms with Crippen LogP contribution < -0.4 is 0 Å². The monoisotopic (exact) mass is 328 g/mol. The van der Waals surface area contributed by atoms with Gasteiger partial charge in [-0.05, 0) is 26.9 Å². The fourth-order valence-corrected chi connectivity index (χ4v) is 16.4. The maximum absolute atomic E-state index is 6.07. The molecule has 1 aliphatic heterocycles. The Morgan fingerprint density at radius 3 is 1.61 bits per heavy atom. The Morgan fingerprint density at radius 2 is 1.28 bits per heavy atom. The number of rotatable bonds is 4. The lowest BCUT2D eigenvalue weighted by Crippen LogP contribution is -2.61. The zero-order valence-corrected chi connectivity index (χ0v) is 16.3. The first-order valence-corrected chi connectivity index (χ1v) is 15.0. The van der Waals surface area contributed by atoms with Crippen LogP contribution in [0.15, 0.2) is 0 Å². The van der Waals surface area contributed by atoms with Gasteiger partial charge in [-0.3, -0.25) is 0 Å². The van der Waals surface area contributed by atoms with Crippen LogP contribution in [0, 0.1) is 0 Å². The normalized spacial score (nSPS) is 42.3. The minimum Gasteiger partial charge on any atom is -0.420 e. The van der Waals surface area contributed by atoms with Gasteiger partial charge in [-0.25, -0.2) is 0 Å². The summed E-state index contributed by atoms with van der Waals surface area (Å²) in [5.41, 5.74) is 0. The molecule has 1 heterocycles. The van der Waals surface area contributed by atoms with E-state index in [0.717, 1.165) is 0 Å². The van der Waals surface area contributed by atoms with Crippen molar-refractivity contribution in [1.82, 2.24) is 0 Å². The van der Waals surface area contributed by atoms with Crippen LogP contribution in [0.25, 0.3) is 0 Å². The van der Waals surface area contributed by atoms with Crippen LogP contribution in [-0.2, 0) is 25.3 Å². The van der Waals surface area contributed by atoms with Gasteiger partial charge in [0, 0.05) is 26.3 Å². The van der Waals surface area contributed by atoms with Gasteiger partial charge in [-0.15, -0.1) is 0 Å². The molecule has 6 nitrogen and oxygen atoms in total. The summed E-state index contributed by atoms with van der Waals surface area (Å²) in [6.45, 7) is 12.7. The van der Waals surface area contributed by atoms with E-state index in [2.05, 4.69) is 0 Å². The summed E-state index contributed by atoms with van der Waals surface area (Å²) >= 11 is 0. The van der Waals surface area contributed by atoms with E-state index in [1.165, 1.54) is 0 Å². The average Bonchev–Trinajstić information content (AvgIpc) is 2.13. The van der Waals surface area contributed by atoms with Gasteiger partial charge in [0.2, 0.25) is 0 Å². The molecule has 1 fully saturated rings. The van der Waals surface area contributed by atoms with Gasteiger partial charge < -0.3 is 25.3 Å². The smallest absolute Gasteiger partial charge is 0.420 e. The quantitative estimate of drug-likeness (QED) is 0.717. The maximum Gasteiger partial charge on any atom is 0.481 e. The van der Waals surface area contributed by atoms with Gasteiger partial charge >= 0.3 is 36.2 Å². The van der Waals surface area contributed by atoms with E-state index in [-0.39, 0.29) is 0 Å². The summed E-state index contributed by atoms with van der Waals surface area (Å²) in [4.78, 5) is 0. The molecule has 1 aliphatic rings. The lowest BCUT2D eigenvalue weighted by Gasteiger charge is -2.40. The summed E-state index contributed by atoms with van der Waals surface area (Å²) in [6.07, 6.45) is 0. The Balaban J connectivity index is 2.86. The summed E-state index contributed by atoms with van der Waals surface area (Å²) in [6, 6.07) is 0. The zero-order valence-electron chi connectivity index (χ0n) is 12.0. The van der Waals surface area contributed by atoms with Crippen molar-refractivity contribution < 1.29 is 25.3 Å². The number of hydrogen-bond donors (Lipinski definition) is 0. The highest BCUT2D eigenvalue weighted by Crippen LogP contribution is 2.24. The van der Waals surface area contributed by atoms with Crippen LogP contribution in [0.2, 0.25) is 26.2 Å². The molecule has 0 aliphatic carbocycles. The molecular weight excluding hydrogens is 304 g/mol. The predicted molar refractivity (Wildman–Crippen MR) is 76.9 cm³/mol. The first-order valence-electron chi connectivity index (χ1n) is 6.31. The molecule has 0 aromatic rings. The minimum absolute atomic E-state index is 0.549. The maximum atomic E-state index is 6.07. The van der Waals surface area contributed by atoms with Crippen molar-refractivity contribution in [2.75, 3.05) is 13.2 Å². The fourth-order valence-electron chi connectivity index (χ4n) is 1.96. The molecule has 0 amide bonds. The predicted octanol–water partition coefficient (Wildman–Crippen LogP) is 0.977. The van der Waals surface area contributed by atoms with Gasteiger partial charge in [-0.1, -0.05) is 0 Å². The Labute approximate surface area is 115 Å². The molecule has 108 valence electrons. The van der Waals surface area contributed by atoms with E-state index in [0.29, 0.717) is 13.2 Å². The molecule has 0 spiro atoms. The molecule has 1 saturated heterocycles. The lowest BCUT2D eigenvalue weighted by molar-refractivity contribution is 0.0931. The highest BCUT2D eigenvalue weighted by Gasteiger charge is 2.51. The highest BCUT2D eigenvalue weighted by atomic mass is 28.5. The molecule has 4 atom stereocenters. The van der Waals surface area contributed by atoms with E-state index in [4.69, 9.17) is 25.3 Å². The number of hydrogen-bond acceptors (Lipinski definition) is 6. The Morgan fingerprint density at radius 1 is 0.889 bits per heavy atom. The molecule has 0 aromatic heterocycles. The minimum atomic E-state index is -2.71. The van der Waals surface area contributed by atoms with E-state index < -0.39 is 36.2 Å². The molecule has 18 heavy (non-hydrogen) atoms. The van der Waals surface area contributed by atoms with Gasteiger partial charge in [0.1, 0.15) is 0 Å². The van der Waals surface area contributed by atoms with Gasteiger partial charge in [-0.2, -0.15) is 0 Å². The second-order valence-electron chi connectivity index (χ2n) is 4.20. The van der Waals surface area contributed by atoms with Crippen molar-refractivity contribution in [3.05, 3.63) is 0 Å². The summed E-state index contributed by atoms with van der Waals surface area (Å²) in [5.74, 6) is 0. The Bertz CT molecular complexity index is 248. The Hall–Kier alpha value is 0.628. The van der Waals surface area contributed by atoms with Gasteiger partial charge in [0.25, 0.3) is 0 Å². The zero-order chi connectivity index (χ0) is 13.8. The van der Waals surface area contributed by atoms with Crippen LogP contribution in [0.5, 0.6) is 0 Å². The summed E-state index contributed by atoms with van der Waals surface area (Å²) in [7, 11) is -8.92. The highest BCUT2D eigenvalue weighted by molar-refractivity contribution is 6.82. The van der Waals surface area contributed by atoms with Crippen LogP contribution >= 0.6 is 0 Å². The SMILES string of the molecule is CCO[Si]1(C)O[SiH](C)O[SiH](C)O[Si](C)(OCC)O1. The first-order chi connectivity index (χ1) is 8.32. The first kappa shape index (κ1) is 16.7. The molecule has 4 unspecified atom stereocenters. The van der Waals surface area contributed by atoms with E-state index >= 15 is 0 Å². The second kappa shape index (κ2) is 6.87. The standard InChI is InChI=1S/C8H24O6Si4/c1-7-9-17(5)12-15(3)11-16(4)13-18(6,14-17)10-8-2/h15-16H,7-8H2,1-6H3. The molecule has 0 saturated carbocycles. The van der Waals surface area contributed by atoms with Crippen LogP contribution in [0.4, 0.5) is 0 Å². The van der Waals surface area contributed by atoms with Crippen molar-refractivity contribution in [3.63, 3.8) is 0 Å². The van der Waals surface area contributed by atoms with Gasteiger partial charge in [0.05, 0.1) is 0 Å². The van der Waals surface area contributed by atoms with E-state index in [9.17, 15) is 0 Å². The van der Waals surface area contributed by atoms with Crippen LogP contribution in [0.3, 0.4) is 0 Å². The van der Waals surface area contributed by atoms with Crippen LogP contribution in [-0.4, -0.2) is 49.4 Å². The molecule has 1 rings (SSSR count). The second-order valence-corrected chi connectivity index (χ2v) is 14.3. The molecule has 0 radical (unpaired) electrons. The van der Waals surface area contributed by atoms with Gasteiger partial charge in [0.15, 0.2) is 0 Å². The van der Waals surface area contributed by atoms with Crippen molar-refractivity contribution in [2.45, 2.75) is 40.0 Å². The third kappa shape index (κ3) is 4.95. The van der Waals surface area contributed by atoms with Crippen LogP contribution in [0.1, 0.15) is 13.8 Å². The molecule has 0 bridgehead atoms. The van der Waals surface area contributed by atoms with Crippen molar-refractivity contribution >= 4 is 36.2 Å². The molecule has 0 N–H and O–H groups in total. The van der Waals surface area contributed by atoms with Crippen molar-refractivity contribution in [3.8, 4) is 0 Å². The Kier molecular flexibility index (Phi) is 6.37. The topological polar surface area (TPSA) is 55.4 Å². The van der Waals surface area contributed by atoms with E-state index in [1.54, 1.807) is 0 Å². The van der Waals surface area contributed by atoms with Crippen molar-refractivity contribution in [1.29, 1.82) is 0 Å². The van der Waals surface area contributed by atoms with Crippen molar-refractivity contribution in [2.24, 2.45) is 0 Å². The summed E-state index contributed by atoms with van der Waals surface area (Å²) < 4.78 is 35.2. The lowest BCUT2D eigenvalue weighted by atomic mass is 10.9. The fraction of sp³-hybridized carbons (Fsp3) is 1.00.